The zero-order valence-electron chi connectivity index (χ0n) is 14.3. The van der Waals surface area contributed by atoms with Gasteiger partial charge < -0.3 is 4.90 Å². The molecule has 0 saturated heterocycles. The second-order valence-electron chi connectivity index (χ2n) is 5.97. The van der Waals surface area contributed by atoms with Crippen LogP contribution in [0.4, 0.5) is 22.1 Å². The topological polar surface area (TPSA) is 84.0 Å². The van der Waals surface area contributed by atoms with Gasteiger partial charge in [-0.3, -0.25) is 10.1 Å². The van der Waals surface area contributed by atoms with Crippen molar-refractivity contribution in [3.8, 4) is 0 Å². The monoisotopic (exact) mass is 355 g/mol. The fourth-order valence-electron chi connectivity index (χ4n) is 2.58. The first-order chi connectivity index (χ1) is 11.9. The summed E-state index contributed by atoms with van der Waals surface area (Å²) in [5.41, 5.74) is 4.73. The molecule has 2 aromatic carbocycles. The Morgan fingerprint density at radius 3 is 2.56 bits per heavy atom. The number of nitro groups is 1. The van der Waals surface area contributed by atoms with Crippen LogP contribution in [0.15, 0.2) is 40.6 Å². The number of nitrogens with zero attached hydrogens (tertiary/aromatic N) is 5. The van der Waals surface area contributed by atoms with Crippen LogP contribution in [-0.2, 0) is 0 Å². The van der Waals surface area contributed by atoms with Crippen molar-refractivity contribution in [2.24, 2.45) is 10.2 Å². The van der Waals surface area contributed by atoms with Crippen LogP contribution in [0.25, 0.3) is 10.9 Å². The van der Waals surface area contributed by atoms with Gasteiger partial charge in [-0.2, -0.15) is 4.37 Å². The van der Waals surface area contributed by atoms with Crippen molar-refractivity contribution in [2.45, 2.75) is 13.8 Å². The maximum Gasteiger partial charge on any atom is 0.270 e. The highest BCUT2D eigenvalue weighted by Crippen LogP contribution is 2.35. The minimum Gasteiger partial charge on any atom is -0.377 e. The summed E-state index contributed by atoms with van der Waals surface area (Å²) >= 11 is 1.18. The first kappa shape index (κ1) is 17.0. The van der Waals surface area contributed by atoms with Crippen LogP contribution in [0, 0.1) is 24.0 Å². The largest absolute Gasteiger partial charge is 0.377 e. The van der Waals surface area contributed by atoms with Gasteiger partial charge in [0.05, 0.1) is 16.1 Å². The van der Waals surface area contributed by atoms with Gasteiger partial charge in [0.2, 0.25) is 0 Å². The van der Waals surface area contributed by atoms with Gasteiger partial charge in [0.15, 0.2) is 5.00 Å². The van der Waals surface area contributed by atoms with E-state index >= 15 is 0 Å². The molecule has 0 spiro atoms. The van der Waals surface area contributed by atoms with Crippen LogP contribution >= 0.6 is 11.5 Å². The minimum absolute atomic E-state index is 0.0199. The van der Waals surface area contributed by atoms with Crippen molar-refractivity contribution < 1.29 is 4.92 Å². The Morgan fingerprint density at radius 2 is 1.88 bits per heavy atom. The van der Waals surface area contributed by atoms with Gasteiger partial charge in [-0.1, -0.05) is 0 Å². The molecule has 0 atom stereocenters. The van der Waals surface area contributed by atoms with Crippen LogP contribution in [0.1, 0.15) is 11.1 Å². The third kappa shape index (κ3) is 3.34. The highest BCUT2D eigenvalue weighted by molar-refractivity contribution is 7.11. The molecule has 3 rings (SSSR count). The van der Waals surface area contributed by atoms with E-state index in [4.69, 9.17) is 0 Å². The third-order valence-corrected chi connectivity index (χ3v) is 4.66. The Bertz CT molecular complexity index is 994. The maximum absolute atomic E-state index is 11.0. The number of hydrogen-bond donors (Lipinski definition) is 0. The molecule has 0 aliphatic rings. The summed E-state index contributed by atoms with van der Waals surface area (Å²) in [5, 5.41) is 20.8. The molecule has 7 nitrogen and oxygen atoms in total. The molecule has 8 heteroatoms. The normalized spacial score (nSPS) is 11.4. The van der Waals surface area contributed by atoms with E-state index < -0.39 is 4.92 Å². The second-order valence-corrected chi connectivity index (χ2v) is 6.72. The number of aryl methyl sites for hydroxylation is 2. The lowest BCUT2D eigenvalue weighted by molar-refractivity contribution is -0.384. The van der Waals surface area contributed by atoms with E-state index in [-0.39, 0.29) is 5.69 Å². The van der Waals surface area contributed by atoms with Crippen molar-refractivity contribution in [1.82, 2.24) is 4.37 Å². The molecule has 128 valence electrons. The Hall–Kier alpha value is -2.87. The van der Waals surface area contributed by atoms with E-state index in [1.54, 1.807) is 6.07 Å². The number of rotatable bonds is 4. The van der Waals surface area contributed by atoms with Gasteiger partial charge in [-0.15, -0.1) is 10.2 Å². The van der Waals surface area contributed by atoms with E-state index in [1.165, 1.54) is 23.7 Å². The molecule has 0 fully saturated rings. The number of hydrogen-bond acceptors (Lipinski definition) is 7. The lowest BCUT2D eigenvalue weighted by atomic mass is 10.1. The third-order valence-electron chi connectivity index (χ3n) is 3.90. The van der Waals surface area contributed by atoms with Crippen molar-refractivity contribution in [3.63, 3.8) is 0 Å². The van der Waals surface area contributed by atoms with Gasteiger partial charge in [-0.25, -0.2) is 0 Å². The minimum atomic E-state index is -0.425. The average molecular weight is 355 g/mol. The van der Waals surface area contributed by atoms with Crippen molar-refractivity contribution in [1.29, 1.82) is 0 Å². The van der Waals surface area contributed by atoms with E-state index in [0.717, 1.165) is 22.5 Å². The molecule has 3 aromatic rings. The molecule has 0 N–H and O–H groups in total. The van der Waals surface area contributed by atoms with Crippen molar-refractivity contribution in [3.05, 3.63) is 51.6 Å². The van der Waals surface area contributed by atoms with Crippen LogP contribution in [0.5, 0.6) is 0 Å². The van der Waals surface area contributed by atoms with Crippen LogP contribution < -0.4 is 4.90 Å². The smallest absolute Gasteiger partial charge is 0.270 e. The van der Waals surface area contributed by atoms with E-state index in [2.05, 4.69) is 25.6 Å². The zero-order valence-corrected chi connectivity index (χ0v) is 15.2. The molecule has 0 aliphatic heterocycles. The number of aromatic nitrogens is 1. The lowest BCUT2D eigenvalue weighted by Crippen LogP contribution is -2.10. The van der Waals surface area contributed by atoms with Gasteiger partial charge >= 0.3 is 0 Å². The molecule has 0 amide bonds. The lowest BCUT2D eigenvalue weighted by Gasteiger charge is -2.17. The molecule has 0 radical (unpaired) electrons. The quantitative estimate of drug-likeness (QED) is 0.361. The predicted octanol–water partition coefficient (Wildman–Crippen LogP) is 5.30. The number of non-ortho nitro benzene ring substituents is 1. The molecule has 0 aliphatic carbocycles. The molecule has 0 saturated carbocycles. The van der Waals surface area contributed by atoms with Gasteiger partial charge in [0.1, 0.15) is 0 Å². The van der Waals surface area contributed by atoms with Crippen molar-refractivity contribution in [2.75, 3.05) is 19.0 Å². The zero-order chi connectivity index (χ0) is 18.1. The molecule has 25 heavy (non-hydrogen) atoms. The predicted molar refractivity (Wildman–Crippen MR) is 101 cm³/mol. The maximum atomic E-state index is 11.0. The molecular formula is C17H17N5O2S. The average Bonchev–Trinajstić information content (AvgIpc) is 2.97. The summed E-state index contributed by atoms with van der Waals surface area (Å²) in [4.78, 5) is 12.6. The summed E-state index contributed by atoms with van der Waals surface area (Å²) < 4.78 is 4.27. The van der Waals surface area contributed by atoms with E-state index in [1.807, 2.05) is 34.0 Å². The first-order valence-electron chi connectivity index (χ1n) is 7.61. The fourth-order valence-corrected chi connectivity index (χ4v) is 3.26. The summed E-state index contributed by atoms with van der Waals surface area (Å²) in [6.07, 6.45) is 0. The summed E-state index contributed by atoms with van der Waals surface area (Å²) in [6.45, 7) is 4.01. The van der Waals surface area contributed by atoms with Gasteiger partial charge in [0.25, 0.3) is 5.69 Å². The number of nitro benzene ring substituents is 1. The van der Waals surface area contributed by atoms with Crippen LogP contribution in [0.2, 0.25) is 0 Å². The van der Waals surface area contributed by atoms with Gasteiger partial charge in [-0.05, 0) is 54.7 Å². The molecular weight excluding hydrogens is 338 g/mol. The highest BCUT2D eigenvalue weighted by Gasteiger charge is 2.12. The number of anilines is 1. The van der Waals surface area contributed by atoms with Crippen LogP contribution in [-0.4, -0.2) is 23.4 Å². The summed E-state index contributed by atoms with van der Waals surface area (Å²) in [7, 11) is 4.00. The van der Waals surface area contributed by atoms with E-state index in [9.17, 15) is 10.1 Å². The summed E-state index contributed by atoms with van der Waals surface area (Å²) in [5.74, 6) is 0. The second kappa shape index (κ2) is 6.56. The fraction of sp³-hybridized carbons (Fsp3) is 0.235. The summed E-state index contributed by atoms with van der Waals surface area (Å²) in [6, 6.07) is 8.61. The number of benzene rings is 2. The molecule has 0 unspecified atom stereocenters. The number of fused-ring (bicyclic) bond motifs is 1. The number of azo groups is 1. The SMILES string of the molecule is Cc1cc(N(C)C)c(C)cc1N=Nc1snc2ccc([N+](=O)[O-])cc12. The van der Waals surface area contributed by atoms with Crippen LogP contribution in [0.3, 0.4) is 0 Å². The van der Waals surface area contributed by atoms with Crippen molar-refractivity contribution >= 4 is 44.5 Å². The Labute approximate surface area is 148 Å². The van der Waals surface area contributed by atoms with E-state index in [0.29, 0.717) is 15.9 Å². The Morgan fingerprint density at radius 1 is 1.12 bits per heavy atom. The first-order valence-corrected chi connectivity index (χ1v) is 8.38. The van der Waals surface area contributed by atoms with Gasteiger partial charge in [0, 0.05) is 37.3 Å². The molecule has 1 heterocycles. The molecule has 0 bridgehead atoms. The Kier molecular flexibility index (Phi) is 4.45. The molecule has 1 aromatic heterocycles. The standard InChI is InChI=1S/C17H17N5O2S/c1-10-8-16(21(3)4)11(2)7-15(10)18-19-17-13-9-12(22(23)24)5-6-14(13)20-25-17/h5-9H,1-4H3. The Balaban J connectivity index is 2.00. The highest BCUT2D eigenvalue weighted by atomic mass is 32.1.